The van der Waals surface area contributed by atoms with Gasteiger partial charge in [0.15, 0.2) is 0 Å². The largest absolute Gasteiger partial charge is 0.468 e. The molecule has 5 heteroatoms. The number of anilines is 1. The van der Waals surface area contributed by atoms with Crippen LogP contribution in [0, 0.1) is 10.8 Å². The molecule has 3 aliphatic rings. The molecule has 1 N–H and O–H groups in total. The van der Waals surface area contributed by atoms with E-state index in [0.29, 0.717) is 5.84 Å². The van der Waals surface area contributed by atoms with Gasteiger partial charge in [0.05, 0.1) is 19.3 Å². The molecule has 2 fully saturated rings. The summed E-state index contributed by atoms with van der Waals surface area (Å²) in [6, 6.07) is 7.99. The lowest BCUT2D eigenvalue weighted by atomic mass is 9.75. The number of carbonyl (C=O) groups excluding carboxylic acids is 1. The number of nitrogens with one attached hydrogen (secondary N) is 1. The van der Waals surface area contributed by atoms with E-state index in [1.54, 1.807) is 0 Å². The van der Waals surface area contributed by atoms with E-state index in [0.717, 1.165) is 18.5 Å². The second kappa shape index (κ2) is 6.18. The normalized spacial score (nSPS) is 31.0. The highest BCUT2D eigenvalue weighted by molar-refractivity contribution is 6.06. The molecule has 4 rings (SSSR count). The maximum atomic E-state index is 12.8. The number of nitrogens with zero attached hydrogens (tertiary/aromatic N) is 2. The number of benzene rings is 1. The lowest BCUT2D eigenvalue weighted by molar-refractivity contribution is -0.147. The molecule has 3 heterocycles. The van der Waals surface area contributed by atoms with E-state index in [1.165, 1.54) is 18.2 Å². The standard InChI is InChI=1S/C23H31N3O2/c1-14(2)11-12-23-13-17(20(27)28-6)25-18(22(3,4)5)19(24)26(21(23)25)16-10-8-7-9-15(16)23/h7-11,17-18,21,24H,12-13H2,1-6H3/t17-,18+,21+,23-/m0/s1. The number of methoxy groups -OCH3 is 1. The first-order chi connectivity index (χ1) is 13.1. The number of amidine groups is 1. The van der Waals surface area contributed by atoms with Gasteiger partial charge in [-0.25, -0.2) is 0 Å². The summed E-state index contributed by atoms with van der Waals surface area (Å²) in [6.45, 7) is 10.7. The Morgan fingerprint density at radius 3 is 2.61 bits per heavy atom. The predicted molar refractivity (Wildman–Crippen MR) is 112 cm³/mol. The summed E-state index contributed by atoms with van der Waals surface area (Å²) in [7, 11) is 1.47. The van der Waals surface area contributed by atoms with Gasteiger partial charge in [-0.2, -0.15) is 0 Å². The third kappa shape index (κ3) is 2.41. The zero-order valence-corrected chi connectivity index (χ0v) is 17.7. The second-order valence-corrected chi connectivity index (χ2v) is 9.75. The molecule has 0 radical (unpaired) electrons. The first-order valence-electron chi connectivity index (χ1n) is 10.1. The summed E-state index contributed by atoms with van der Waals surface area (Å²) in [5.41, 5.74) is 3.29. The Balaban J connectivity index is 1.95. The summed E-state index contributed by atoms with van der Waals surface area (Å²) in [5.74, 6) is 0.407. The second-order valence-electron chi connectivity index (χ2n) is 9.75. The lowest BCUT2D eigenvalue weighted by Crippen LogP contribution is -2.51. The van der Waals surface area contributed by atoms with Crippen LogP contribution in [-0.2, 0) is 14.9 Å². The number of ether oxygens (including phenoxy) is 1. The third-order valence-electron chi connectivity index (χ3n) is 6.62. The zero-order valence-electron chi connectivity index (χ0n) is 17.7. The molecule has 0 amide bonds. The molecule has 0 spiro atoms. The Morgan fingerprint density at radius 2 is 2.00 bits per heavy atom. The van der Waals surface area contributed by atoms with Gasteiger partial charge in [0.2, 0.25) is 0 Å². The van der Waals surface area contributed by atoms with Gasteiger partial charge in [-0.15, -0.1) is 0 Å². The number of para-hydroxylation sites is 1. The molecule has 0 bridgehead atoms. The SMILES string of the molecule is COC(=O)[C@@H]1C[C@@]2(CC=C(C)C)c3ccccc3N3C(=N)[C@H](C(C)(C)C)N1[C@H]32. The van der Waals surface area contributed by atoms with Gasteiger partial charge in [0.25, 0.3) is 0 Å². The summed E-state index contributed by atoms with van der Waals surface area (Å²) in [4.78, 5) is 17.3. The van der Waals surface area contributed by atoms with Crippen molar-refractivity contribution in [1.29, 1.82) is 5.41 Å². The van der Waals surface area contributed by atoms with Crippen LogP contribution in [0.4, 0.5) is 5.69 Å². The van der Waals surface area contributed by atoms with Crippen LogP contribution in [0.5, 0.6) is 0 Å². The summed E-state index contributed by atoms with van der Waals surface area (Å²) >= 11 is 0. The van der Waals surface area contributed by atoms with Crippen molar-refractivity contribution >= 4 is 17.5 Å². The van der Waals surface area contributed by atoms with Crippen molar-refractivity contribution in [2.24, 2.45) is 5.41 Å². The molecule has 150 valence electrons. The van der Waals surface area contributed by atoms with Gasteiger partial charge in [-0.1, -0.05) is 50.6 Å². The van der Waals surface area contributed by atoms with Gasteiger partial charge < -0.3 is 9.64 Å². The van der Waals surface area contributed by atoms with Gasteiger partial charge in [0.1, 0.15) is 11.9 Å². The topological polar surface area (TPSA) is 56.6 Å². The number of carbonyl (C=O) groups is 1. The van der Waals surface area contributed by atoms with Crippen LogP contribution in [0.25, 0.3) is 0 Å². The lowest BCUT2D eigenvalue weighted by Gasteiger charge is -2.36. The van der Waals surface area contributed by atoms with E-state index in [-0.39, 0.29) is 35.0 Å². The predicted octanol–water partition coefficient (Wildman–Crippen LogP) is 4.08. The van der Waals surface area contributed by atoms with Crippen molar-refractivity contribution < 1.29 is 9.53 Å². The van der Waals surface area contributed by atoms with E-state index >= 15 is 0 Å². The van der Waals surface area contributed by atoms with E-state index in [9.17, 15) is 4.79 Å². The van der Waals surface area contributed by atoms with Crippen molar-refractivity contribution in [3.05, 3.63) is 41.5 Å². The highest BCUT2D eigenvalue weighted by Gasteiger charge is 2.69. The Kier molecular flexibility index (Phi) is 4.23. The molecule has 3 aliphatic heterocycles. The third-order valence-corrected chi connectivity index (χ3v) is 6.62. The van der Waals surface area contributed by atoms with Crippen LogP contribution in [0.2, 0.25) is 0 Å². The van der Waals surface area contributed by atoms with Gasteiger partial charge in [0, 0.05) is 11.1 Å². The number of allylic oxidation sites excluding steroid dienone is 2. The monoisotopic (exact) mass is 381 g/mol. The molecule has 1 aromatic rings. The van der Waals surface area contributed by atoms with Crippen molar-refractivity contribution in [3.8, 4) is 0 Å². The van der Waals surface area contributed by atoms with Crippen LogP contribution in [0.3, 0.4) is 0 Å². The Morgan fingerprint density at radius 1 is 1.32 bits per heavy atom. The number of rotatable bonds is 3. The highest BCUT2D eigenvalue weighted by Crippen LogP contribution is 2.61. The average Bonchev–Trinajstić information content (AvgIpc) is 3.21. The summed E-state index contributed by atoms with van der Waals surface area (Å²) in [5, 5.41) is 9.08. The first kappa shape index (κ1) is 19.2. The Labute approximate surface area is 167 Å². The van der Waals surface area contributed by atoms with Crippen LogP contribution >= 0.6 is 0 Å². The average molecular weight is 382 g/mol. The summed E-state index contributed by atoms with van der Waals surface area (Å²) in [6.07, 6.45) is 3.86. The number of hydrogen-bond acceptors (Lipinski definition) is 4. The molecule has 0 unspecified atom stereocenters. The van der Waals surface area contributed by atoms with Crippen molar-refractivity contribution in [3.63, 3.8) is 0 Å². The molecule has 28 heavy (non-hydrogen) atoms. The molecule has 2 saturated heterocycles. The van der Waals surface area contributed by atoms with Crippen molar-refractivity contribution in [2.75, 3.05) is 12.0 Å². The Bertz CT molecular complexity index is 865. The highest BCUT2D eigenvalue weighted by atomic mass is 16.5. The molecule has 5 nitrogen and oxygen atoms in total. The van der Waals surface area contributed by atoms with E-state index in [2.05, 4.69) is 68.7 Å². The molecule has 0 aliphatic carbocycles. The molecule has 0 aromatic heterocycles. The number of fused-ring (bicyclic) bond motifs is 3. The van der Waals surface area contributed by atoms with E-state index in [4.69, 9.17) is 10.1 Å². The Hall–Kier alpha value is -2.14. The van der Waals surface area contributed by atoms with Gasteiger partial charge >= 0.3 is 5.97 Å². The van der Waals surface area contributed by atoms with Crippen LogP contribution in [0.15, 0.2) is 35.9 Å². The van der Waals surface area contributed by atoms with Crippen molar-refractivity contribution in [1.82, 2.24) is 4.90 Å². The van der Waals surface area contributed by atoms with Crippen LogP contribution in [-0.4, -0.2) is 42.1 Å². The molecule has 0 saturated carbocycles. The first-order valence-corrected chi connectivity index (χ1v) is 10.1. The van der Waals surface area contributed by atoms with E-state index < -0.39 is 0 Å². The fourth-order valence-corrected chi connectivity index (χ4v) is 5.62. The maximum absolute atomic E-state index is 12.8. The molecule has 4 atom stereocenters. The molecular weight excluding hydrogens is 350 g/mol. The maximum Gasteiger partial charge on any atom is 0.323 e. The number of esters is 1. The van der Waals surface area contributed by atoms with E-state index in [1.807, 2.05) is 6.07 Å². The minimum atomic E-state index is -0.330. The number of hydrogen-bond donors (Lipinski definition) is 1. The minimum Gasteiger partial charge on any atom is -0.468 e. The molecular formula is C23H31N3O2. The fourth-order valence-electron chi connectivity index (χ4n) is 5.62. The summed E-state index contributed by atoms with van der Waals surface area (Å²) < 4.78 is 5.22. The smallest absolute Gasteiger partial charge is 0.323 e. The fraction of sp³-hybridized carbons (Fsp3) is 0.565. The van der Waals surface area contributed by atoms with Crippen LogP contribution < -0.4 is 4.90 Å². The zero-order chi connectivity index (χ0) is 20.4. The van der Waals surface area contributed by atoms with Crippen molar-refractivity contribution in [2.45, 2.75) is 71.1 Å². The van der Waals surface area contributed by atoms with Gasteiger partial charge in [-0.05, 0) is 43.7 Å². The van der Waals surface area contributed by atoms with Crippen LogP contribution in [0.1, 0.15) is 53.0 Å². The molecule has 1 aromatic carbocycles. The quantitative estimate of drug-likeness (QED) is 0.633. The minimum absolute atomic E-state index is 0.0127. The van der Waals surface area contributed by atoms with Gasteiger partial charge in [-0.3, -0.25) is 15.1 Å².